The van der Waals surface area contributed by atoms with Crippen LogP contribution in [0.1, 0.15) is 36.4 Å². The monoisotopic (exact) mass is 283 g/mol. The van der Waals surface area contributed by atoms with E-state index in [9.17, 15) is 9.90 Å². The van der Waals surface area contributed by atoms with E-state index < -0.39 is 12.0 Å². The molecule has 2 N–H and O–H groups in total. The molecule has 2 aromatic rings. The van der Waals surface area contributed by atoms with Crippen LogP contribution in [0, 0.1) is 0 Å². The van der Waals surface area contributed by atoms with E-state index in [4.69, 9.17) is 0 Å². The number of rotatable bonds is 7. The van der Waals surface area contributed by atoms with E-state index in [1.165, 1.54) is 5.56 Å². The number of aliphatic carboxylic acids is 1. The Balaban J connectivity index is 2.06. The molecule has 0 amide bonds. The van der Waals surface area contributed by atoms with Crippen molar-refractivity contribution < 1.29 is 9.90 Å². The predicted octanol–water partition coefficient (Wildman–Crippen LogP) is 3.60. The Kier molecular flexibility index (Phi) is 5.52. The van der Waals surface area contributed by atoms with E-state index in [0.29, 0.717) is 12.5 Å². The van der Waals surface area contributed by atoms with Crippen LogP contribution in [0.2, 0.25) is 0 Å². The number of benzene rings is 2. The first-order valence-corrected chi connectivity index (χ1v) is 7.28. The molecule has 0 heterocycles. The van der Waals surface area contributed by atoms with Gasteiger partial charge in [-0.2, -0.15) is 0 Å². The van der Waals surface area contributed by atoms with Crippen LogP contribution < -0.4 is 5.32 Å². The van der Waals surface area contributed by atoms with Gasteiger partial charge in [-0.15, -0.1) is 0 Å². The Morgan fingerprint density at radius 1 is 1.00 bits per heavy atom. The molecule has 2 aromatic carbocycles. The van der Waals surface area contributed by atoms with Crippen molar-refractivity contribution in [2.24, 2.45) is 0 Å². The van der Waals surface area contributed by atoms with Crippen molar-refractivity contribution in [3.63, 3.8) is 0 Å². The third kappa shape index (κ3) is 4.17. The summed E-state index contributed by atoms with van der Waals surface area (Å²) in [7, 11) is 0. The van der Waals surface area contributed by atoms with Gasteiger partial charge in [0.25, 0.3) is 0 Å². The van der Waals surface area contributed by atoms with Gasteiger partial charge in [0.1, 0.15) is 6.04 Å². The van der Waals surface area contributed by atoms with Crippen LogP contribution in [-0.2, 0) is 4.79 Å². The molecule has 0 radical (unpaired) electrons. The van der Waals surface area contributed by atoms with Crippen molar-refractivity contribution in [2.75, 3.05) is 6.54 Å². The first-order chi connectivity index (χ1) is 10.2. The standard InChI is InChI=1S/C18H21NO2/c1-2-14(15-9-5-3-6-10-15)13-19-17(18(20)21)16-11-7-4-8-12-16/h3-12,14,17,19H,2,13H2,1H3,(H,20,21)/t14?,17-/m0/s1. The maximum atomic E-state index is 11.5. The minimum atomic E-state index is -0.843. The van der Waals surface area contributed by atoms with Gasteiger partial charge in [-0.05, 0) is 23.5 Å². The summed E-state index contributed by atoms with van der Waals surface area (Å²) in [5.74, 6) is -0.527. The maximum Gasteiger partial charge on any atom is 0.325 e. The van der Waals surface area contributed by atoms with E-state index >= 15 is 0 Å². The molecule has 110 valence electrons. The van der Waals surface area contributed by atoms with Crippen molar-refractivity contribution in [1.29, 1.82) is 0 Å². The Bertz CT molecular complexity index is 554. The number of carboxylic acid groups (broad SMARTS) is 1. The second-order valence-electron chi connectivity index (χ2n) is 5.11. The molecular weight excluding hydrogens is 262 g/mol. The zero-order chi connectivity index (χ0) is 15.1. The quantitative estimate of drug-likeness (QED) is 0.816. The molecule has 0 fully saturated rings. The average molecular weight is 283 g/mol. The summed E-state index contributed by atoms with van der Waals surface area (Å²) in [5, 5.41) is 12.6. The lowest BCUT2D eigenvalue weighted by atomic mass is 9.95. The Morgan fingerprint density at radius 2 is 1.52 bits per heavy atom. The Morgan fingerprint density at radius 3 is 2.00 bits per heavy atom. The number of hydrogen-bond donors (Lipinski definition) is 2. The van der Waals surface area contributed by atoms with Crippen LogP contribution in [0.5, 0.6) is 0 Å². The normalized spacial score (nSPS) is 13.6. The Hall–Kier alpha value is -2.13. The zero-order valence-electron chi connectivity index (χ0n) is 12.2. The lowest BCUT2D eigenvalue weighted by molar-refractivity contribution is -0.139. The molecule has 21 heavy (non-hydrogen) atoms. The summed E-state index contributed by atoms with van der Waals surface area (Å²) in [6.07, 6.45) is 0.970. The number of hydrogen-bond acceptors (Lipinski definition) is 2. The van der Waals surface area contributed by atoms with Gasteiger partial charge in [0.15, 0.2) is 0 Å². The number of carboxylic acids is 1. The van der Waals surface area contributed by atoms with Crippen molar-refractivity contribution in [1.82, 2.24) is 5.32 Å². The molecule has 0 saturated heterocycles. The average Bonchev–Trinajstić information content (AvgIpc) is 2.53. The highest BCUT2D eigenvalue weighted by molar-refractivity contribution is 5.75. The van der Waals surface area contributed by atoms with Crippen LogP contribution in [0.3, 0.4) is 0 Å². The van der Waals surface area contributed by atoms with Crippen molar-refractivity contribution >= 4 is 5.97 Å². The highest BCUT2D eigenvalue weighted by Crippen LogP contribution is 2.20. The molecule has 3 heteroatoms. The van der Waals surface area contributed by atoms with Gasteiger partial charge < -0.3 is 10.4 Å². The fourth-order valence-corrected chi connectivity index (χ4v) is 2.48. The Labute approximate surface area is 125 Å². The summed E-state index contributed by atoms with van der Waals surface area (Å²) in [6, 6.07) is 18.8. The highest BCUT2D eigenvalue weighted by Gasteiger charge is 2.20. The van der Waals surface area contributed by atoms with Gasteiger partial charge in [0.05, 0.1) is 0 Å². The first-order valence-electron chi connectivity index (χ1n) is 7.28. The third-order valence-electron chi connectivity index (χ3n) is 3.71. The molecule has 0 saturated carbocycles. The number of nitrogens with one attached hydrogen (secondary N) is 1. The molecule has 0 aliphatic carbocycles. The van der Waals surface area contributed by atoms with Crippen LogP contribution in [0.4, 0.5) is 0 Å². The predicted molar refractivity (Wildman–Crippen MR) is 84.3 cm³/mol. The van der Waals surface area contributed by atoms with Gasteiger partial charge in [-0.3, -0.25) is 4.79 Å². The topological polar surface area (TPSA) is 49.3 Å². The SMILES string of the molecule is CCC(CN[C@H](C(=O)O)c1ccccc1)c1ccccc1. The smallest absolute Gasteiger partial charge is 0.325 e. The van der Waals surface area contributed by atoms with Gasteiger partial charge in [-0.1, -0.05) is 67.6 Å². The molecule has 3 nitrogen and oxygen atoms in total. The molecular formula is C18H21NO2. The second kappa shape index (κ2) is 7.60. The summed E-state index contributed by atoms with van der Waals surface area (Å²) < 4.78 is 0. The highest BCUT2D eigenvalue weighted by atomic mass is 16.4. The minimum absolute atomic E-state index is 0.316. The fraction of sp³-hybridized carbons (Fsp3) is 0.278. The molecule has 2 rings (SSSR count). The van der Waals surface area contributed by atoms with Gasteiger partial charge in [0.2, 0.25) is 0 Å². The van der Waals surface area contributed by atoms with Gasteiger partial charge in [-0.25, -0.2) is 0 Å². The fourth-order valence-electron chi connectivity index (χ4n) is 2.48. The van der Waals surface area contributed by atoms with E-state index in [2.05, 4.69) is 24.4 Å². The minimum Gasteiger partial charge on any atom is -0.480 e. The van der Waals surface area contributed by atoms with Crippen LogP contribution >= 0.6 is 0 Å². The van der Waals surface area contributed by atoms with Crippen LogP contribution in [-0.4, -0.2) is 17.6 Å². The second-order valence-corrected chi connectivity index (χ2v) is 5.11. The molecule has 0 aliphatic rings. The molecule has 1 unspecified atom stereocenters. The lowest BCUT2D eigenvalue weighted by Gasteiger charge is -2.20. The zero-order valence-corrected chi connectivity index (χ0v) is 12.2. The van der Waals surface area contributed by atoms with Crippen LogP contribution in [0.15, 0.2) is 60.7 Å². The summed E-state index contributed by atoms with van der Waals surface area (Å²) in [4.78, 5) is 11.5. The third-order valence-corrected chi connectivity index (χ3v) is 3.71. The molecule has 0 spiro atoms. The van der Waals surface area contributed by atoms with Crippen LogP contribution in [0.25, 0.3) is 0 Å². The van der Waals surface area contributed by atoms with E-state index in [1.54, 1.807) is 0 Å². The van der Waals surface area contributed by atoms with Crippen molar-refractivity contribution in [3.05, 3.63) is 71.8 Å². The van der Waals surface area contributed by atoms with E-state index in [1.807, 2.05) is 48.5 Å². The number of carbonyl (C=O) groups is 1. The molecule has 0 aromatic heterocycles. The van der Waals surface area contributed by atoms with Gasteiger partial charge in [0, 0.05) is 6.54 Å². The molecule has 0 aliphatic heterocycles. The molecule has 0 bridgehead atoms. The maximum absolute atomic E-state index is 11.5. The van der Waals surface area contributed by atoms with Crippen molar-refractivity contribution in [2.45, 2.75) is 25.3 Å². The van der Waals surface area contributed by atoms with Gasteiger partial charge >= 0.3 is 5.97 Å². The lowest BCUT2D eigenvalue weighted by Crippen LogP contribution is -2.31. The van der Waals surface area contributed by atoms with E-state index in [-0.39, 0.29) is 0 Å². The largest absolute Gasteiger partial charge is 0.480 e. The summed E-state index contributed by atoms with van der Waals surface area (Å²) in [6.45, 7) is 2.77. The van der Waals surface area contributed by atoms with Crippen molar-refractivity contribution in [3.8, 4) is 0 Å². The first kappa shape index (κ1) is 15.3. The van der Waals surface area contributed by atoms with E-state index in [0.717, 1.165) is 12.0 Å². The summed E-state index contributed by atoms with van der Waals surface area (Å²) >= 11 is 0. The molecule has 2 atom stereocenters. The summed E-state index contributed by atoms with van der Waals surface area (Å²) in [5.41, 5.74) is 2.03.